The van der Waals surface area contributed by atoms with Crippen LogP contribution in [0.2, 0.25) is 0 Å². The maximum absolute atomic E-state index is 12.5. The van der Waals surface area contributed by atoms with Gasteiger partial charge in [0.25, 0.3) is 0 Å². The molecule has 1 aliphatic heterocycles. The van der Waals surface area contributed by atoms with Crippen LogP contribution in [0.1, 0.15) is 51.5 Å². The van der Waals surface area contributed by atoms with Crippen molar-refractivity contribution in [3.05, 3.63) is 12.3 Å². The molecule has 0 bridgehead atoms. The first-order chi connectivity index (χ1) is 12.1. The Hall–Kier alpha value is -2.18. The van der Waals surface area contributed by atoms with Crippen molar-refractivity contribution < 1.29 is 14.4 Å². The summed E-state index contributed by atoms with van der Waals surface area (Å²) in [5, 5.41) is 7.12. The average Bonchev–Trinajstić information content (AvgIpc) is 3.32. The predicted molar refractivity (Wildman–Crippen MR) is 90.5 cm³/mol. The minimum Gasteiger partial charge on any atom is -0.309 e. The van der Waals surface area contributed by atoms with Crippen LogP contribution in [0.3, 0.4) is 0 Å². The summed E-state index contributed by atoms with van der Waals surface area (Å²) in [6.07, 6.45) is 7.53. The van der Waals surface area contributed by atoms with Gasteiger partial charge in [0.15, 0.2) is 0 Å². The molecule has 3 aliphatic rings. The summed E-state index contributed by atoms with van der Waals surface area (Å²) in [4.78, 5) is 38.5. The molecule has 1 saturated heterocycles. The van der Waals surface area contributed by atoms with Crippen molar-refractivity contribution in [2.75, 3.05) is 11.9 Å². The fraction of sp³-hybridized carbons (Fsp3) is 0.667. The summed E-state index contributed by atoms with van der Waals surface area (Å²) < 4.78 is 1.82. The number of anilines is 1. The number of amides is 3. The van der Waals surface area contributed by atoms with Crippen molar-refractivity contribution in [3.63, 3.8) is 0 Å². The van der Waals surface area contributed by atoms with Crippen LogP contribution in [0.5, 0.6) is 0 Å². The number of hydrogen-bond donors (Lipinski definition) is 1. The lowest BCUT2D eigenvalue weighted by molar-refractivity contribution is -0.142. The van der Waals surface area contributed by atoms with Gasteiger partial charge in [-0.15, -0.1) is 0 Å². The standard InChI is InChI=1S/C18H24N4O3/c1-11(12-6-7-12)22-15(8-9-19-22)20-16(23)10-21-17(24)13-4-2-3-5-14(13)18(21)25/h8-9,11-14H,2-7,10H2,1H3,(H,20,23). The Labute approximate surface area is 146 Å². The number of hydrogen-bond acceptors (Lipinski definition) is 4. The molecule has 3 amide bonds. The van der Waals surface area contributed by atoms with E-state index in [1.165, 1.54) is 12.8 Å². The molecule has 2 heterocycles. The van der Waals surface area contributed by atoms with Crippen molar-refractivity contribution in [2.45, 2.75) is 51.5 Å². The van der Waals surface area contributed by atoms with Crippen LogP contribution in [-0.4, -0.2) is 38.9 Å². The van der Waals surface area contributed by atoms with Gasteiger partial charge in [-0.3, -0.25) is 19.3 Å². The highest BCUT2D eigenvalue weighted by Gasteiger charge is 2.48. The highest BCUT2D eigenvalue weighted by Crippen LogP contribution is 2.40. The molecule has 1 N–H and O–H groups in total. The molecular formula is C18H24N4O3. The second-order valence-electron chi connectivity index (χ2n) is 7.55. The van der Waals surface area contributed by atoms with E-state index in [0.29, 0.717) is 11.7 Å². The number of rotatable bonds is 5. The van der Waals surface area contributed by atoms with Gasteiger partial charge in [0.2, 0.25) is 17.7 Å². The molecule has 7 heteroatoms. The molecule has 0 aromatic carbocycles. The lowest BCUT2D eigenvalue weighted by Crippen LogP contribution is -2.38. The molecule has 1 aromatic rings. The van der Waals surface area contributed by atoms with E-state index in [4.69, 9.17) is 0 Å². The van der Waals surface area contributed by atoms with E-state index in [1.807, 2.05) is 4.68 Å². The van der Waals surface area contributed by atoms with Gasteiger partial charge in [-0.1, -0.05) is 12.8 Å². The monoisotopic (exact) mass is 344 g/mol. The number of likely N-dealkylation sites (tertiary alicyclic amines) is 1. The first kappa shape index (κ1) is 16.3. The van der Waals surface area contributed by atoms with Gasteiger partial charge in [-0.2, -0.15) is 5.10 Å². The Morgan fingerprint density at radius 1 is 1.20 bits per heavy atom. The van der Waals surface area contributed by atoms with E-state index in [-0.39, 0.29) is 42.1 Å². The van der Waals surface area contributed by atoms with E-state index in [0.717, 1.165) is 30.6 Å². The second-order valence-corrected chi connectivity index (χ2v) is 7.55. The van der Waals surface area contributed by atoms with Gasteiger partial charge in [0.1, 0.15) is 12.4 Å². The fourth-order valence-electron chi connectivity index (χ4n) is 4.23. The van der Waals surface area contributed by atoms with Crippen molar-refractivity contribution in [1.82, 2.24) is 14.7 Å². The summed E-state index contributed by atoms with van der Waals surface area (Å²) >= 11 is 0. The van der Waals surface area contributed by atoms with Crippen LogP contribution in [0.25, 0.3) is 0 Å². The van der Waals surface area contributed by atoms with Gasteiger partial charge < -0.3 is 5.32 Å². The van der Waals surface area contributed by atoms with Gasteiger partial charge in [-0.05, 0) is 38.5 Å². The van der Waals surface area contributed by atoms with Crippen molar-refractivity contribution >= 4 is 23.5 Å². The van der Waals surface area contributed by atoms with E-state index < -0.39 is 0 Å². The average molecular weight is 344 g/mol. The number of fused-ring (bicyclic) bond motifs is 1. The zero-order valence-corrected chi connectivity index (χ0v) is 14.5. The van der Waals surface area contributed by atoms with Crippen molar-refractivity contribution in [1.29, 1.82) is 0 Å². The predicted octanol–water partition coefficient (Wildman–Crippen LogP) is 1.97. The van der Waals surface area contributed by atoms with Gasteiger partial charge >= 0.3 is 0 Å². The van der Waals surface area contributed by atoms with Crippen molar-refractivity contribution in [3.8, 4) is 0 Å². The number of aromatic nitrogens is 2. The minimum atomic E-state index is -0.343. The van der Waals surface area contributed by atoms with Gasteiger partial charge in [0.05, 0.1) is 24.1 Å². The highest BCUT2D eigenvalue weighted by atomic mass is 16.2. The third-order valence-electron chi connectivity index (χ3n) is 5.86. The molecule has 25 heavy (non-hydrogen) atoms. The Kier molecular flexibility index (Phi) is 4.09. The quantitative estimate of drug-likeness (QED) is 0.828. The van der Waals surface area contributed by atoms with Gasteiger partial charge in [-0.25, -0.2) is 4.68 Å². The molecule has 0 radical (unpaired) electrons. The molecule has 3 atom stereocenters. The highest BCUT2D eigenvalue weighted by molar-refractivity contribution is 6.08. The molecule has 3 fully saturated rings. The molecule has 134 valence electrons. The lowest BCUT2D eigenvalue weighted by atomic mass is 9.81. The molecule has 3 unspecified atom stereocenters. The smallest absolute Gasteiger partial charge is 0.245 e. The third kappa shape index (κ3) is 2.96. The first-order valence-electron chi connectivity index (χ1n) is 9.25. The molecule has 0 spiro atoms. The van der Waals surface area contributed by atoms with Crippen LogP contribution in [-0.2, 0) is 14.4 Å². The Balaban J connectivity index is 1.42. The number of nitrogens with one attached hydrogen (secondary N) is 1. The molecule has 2 saturated carbocycles. The number of nitrogens with zero attached hydrogens (tertiary/aromatic N) is 3. The van der Waals surface area contributed by atoms with Crippen LogP contribution in [0.4, 0.5) is 5.82 Å². The second kappa shape index (κ2) is 6.28. The van der Waals surface area contributed by atoms with Crippen molar-refractivity contribution in [2.24, 2.45) is 17.8 Å². The number of imide groups is 1. The molecule has 7 nitrogen and oxygen atoms in total. The van der Waals surface area contributed by atoms with E-state index >= 15 is 0 Å². The summed E-state index contributed by atoms with van der Waals surface area (Å²) in [5.41, 5.74) is 0. The summed E-state index contributed by atoms with van der Waals surface area (Å²) in [5.74, 6) is 0.116. The third-order valence-corrected chi connectivity index (χ3v) is 5.86. The zero-order valence-electron chi connectivity index (χ0n) is 14.5. The fourth-order valence-corrected chi connectivity index (χ4v) is 4.23. The summed E-state index contributed by atoms with van der Waals surface area (Å²) in [7, 11) is 0. The van der Waals surface area contributed by atoms with Crippen LogP contribution < -0.4 is 5.32 Å². The summed E-state index contributed by atoms with van der Waals surface area (Å²) in [6.45, 7) is 1.90. The number of carbonyl (C=O) groups excluding carboxylic acids is 3. The Morgan fingerprint density at radius 3 is 2.44 bits per heavy atom. The molecule has 1 aromatic heterocycles. The lowest BCUT2D eigenvalue weighted by Gasteiger charge is -2.19. The Bertz CT molecular complexity index is 685. The first-order valence-corrected chi connectivity index (χ1v) is 9.25. The van der Waals surface area contributed by atoms with Gasteiger partial charge in [0, 0.05) is 6.07 Å². The summed E-state index contributed by atoms with van der Waals surface area (Å²) in [6, 6.07) is 1.99. The van der Waals surface area contributed by atoms with Crippen LogP contribution >= 0.6 is 0 Å². The SMILES string of the molecule is CC(C1CC1)n1nccc1NC(=O)CN1C(=O)C2CCCCC2C1=O. The molecule has 4 rings (SSSR count). The Morgan fingerprint density at radius 2 is 1.84 bits per heavy atom. The number of carbonyl (C=O) groups is 3. The maximum Gasteiger partial charge on any atom is 0.245 e. The van der Waals surface area contributed by atoms with E-state index in [9.17, 15) is 14.4 Å². The van der Waals surface area contributed by atoms with Crippen LogP contribution in [0.15, 0.2) is 12.3 Å². The van der Waals surface area contributed by atoms with Crippen LogP contribution in [0, 0.1) is 17.8 Å². The normalized spacial score (nSPS) is 27.3. The molecular weight excluding hydrogens is 320 g/mol. The zero-order chi connectivity index (χ0) is 17.6. The maximum atomic E-state index is 12.5. The van der Waals surface area contributed by atoms with E-state index in [1.54, 1.807) is 12.3 Å². The topological polar surface area (TPSA) is 84.3 Å². The minimum absolute atomic E-state index is 0.176. The molecule has 2 aliphatic carbocycles. The largest absolute Gasteiger partial charge is 0.309 e. The van der Waals surface area contributed by atoms with E-state index in [2.05, 4.69) is 17.3 Å².